The van der Waals surface area contributed by atoms with E-state index in [4.69, 9.17) is 0 Å². The number of benzene rings is 1. The van der Waals surface area contributed by atoms with E-state index in [-0.39, 0.29) is 5.25 Å². The van der Waals surface area contributed by atoms with Gasteiger partial charge in [-0.3, -0.25) is 4.99 Å². The molecule has 0 spiro atoms. The summed E-state index contributed by atoms with van der Waals surface area (Å²) in [5.41, 5.74) is 0.959. The Balaban J connectivity index is 2.39. The van der Waals surface area contributed by atoms with Gasteiger partial charge >= 0.3 is 0 Å². The average molecular weight is 177 g/mol. The van der Waals surface area contributed by atoms with Crippen molar-refractivity contribution in [3.63, 3.8) is 0 Å². The van der Waals surface area contributed by atoms with Crippen molar-refractivity contribution in [2.45, 2.75) is 10.1 Å². The highest BCUT2D eigenvalue weighted by Crippen LogP contribution is 2.34. The van der Waals surface area contributed by atoms with Gasteiger partial charge in [0.1, 0.15) is 11.5 Å². The molecule has 0 aromatic heterocycles. The van der Waals surface area contributed by atoms with E-state index in [9.17, 15) is 4.79 Å². The number of aldehydes is 1. The van der Waals surface area contributed by atoms with E-state index < -0.39 is 0 Å². The summed E-state index contributed by atoms with van der Waals surface area (Å²) in [4.78, 5) is 15.7. The molecule has 1 aliphatic heterocycles. The van der Waals surface area contributed by atoms with Crippen LogP contribution in [0, 0.1) is 0 Å². The Morgan fingerprint density at radius 3 is 3.08 bits per heavy atom. The average Bonchev–Trinajstić information content (AvgIpc) is 2.17. The predicted molar refractivity (Wildman–Crippen MR) is 50.3 cm³/mol. The van der Waals surface area contributed by atoms with Crippen LogP contribution in [-0.4, -0.2) is 17.8 Å². The monoisotopic (exact) mass is 177 g/mol. The van der Waals surface area contributed by atoms with Crippen LogP contribution < -0.4 is 0 Å². The second-order valence-corrected chi connectivity index (χ2v) is 3.68. The Labute approximate surface area is 74.7 Å². The molecule has 1 heterocycles. The Bertz CT molecular complexity index is 335. The number of fused-ring (bicyclic) bond motifs is 1. The molecular weight excluding hydrogens is 170 g/mol. The number of hydrogen-bond donors (Lipinski definition) is 0. The fraction of sp³-hybridized carbons (Fsp3) is 0.111. The Morgan fingerprint density at radius 2 is 2.25 bits per heavy atom. The number of hydrogen-bond acceptors (Lipinski definition) is 3. The summed E-state index contributed by atoms with van der Waals surface area (Å²) in [6, 6.07) is 7.82. The normalized spacial score (nSPS) is 20.2. The van der Waals surface area contributed by atoms with E-state index in [1.165, 1.54) is 11.8 Å². The van der Waals surface area contributed by atoms with Crippen molar-refractivity contribution in [1.29, 1.82) is 0 Å². The molecule has 2 nitrogen and oxygen atoms in total. The highest BCUT2D eigenvalue weighted by atomic mass is 32.2. The van der Waals surface area contributed by atoms with Gasteiger partial charge in [-0.1, -0.05) is 12.1 Å². The number of rotatable bonds is 1. The third-order valence-electron chi connectivity index (χ3n) is 1.62. The van der Waals surface area contributed by atoms with Crippen molar-refractivity contribution < 1.29 is 4.79 Å². The van der Waals surface area contributed by atoms with E-state index in [2.05, 4.69) is 4.99 Å². The van der Waals surface area contributed by atoms with Crippen molar-refractivity contribution in [2.75, 3.05) is 0 Å². The molecule has 0 N–H and O–H groups in total. The van der Waals surface area contributed by atoms with Crippen LogP contribution in [0.4, 0.5) is 5.69 Å². The molecule has 60 valence electrons. The minimum atomic E-state index is -0.111. The van der Waals surface area contributed by atoms with Crippen LogP contribution in [0.3, 0.4) is 0 Å². The SMILES string of the molecule is O=CC1C=Nc2ccccc2S1. The van der Waals surface area contributed by atoms with Crippen LogP contribution in [0.5, 0.6) is 0 Å². The molecule has 0 saturated carbocycles. The fourth-order valence-corrected chi connectivity index (χ4v) is 1.93. The van der Waals surface area contributed by atoms with Crippen molar-refractivity contribution in [3.8, 4) is 0 Å². The lowest BCUT2D eigenvalue weighted by atomic mass is 10.3. The second kappa shape index (κ2) is 3.11. The first-order chi connectivity index (χ1) is 5.90. The molecule has 1 aliphatic rings. The lowest BCUT2D eigenvalue weighted by molar-refractivity contribution is -0.106. The number of para-hydroxylation sites is 1. The van der Waals surface area contributed by atoms with Gasteiger partial charge in [0.2, 0.25) is 0 Å². The van der Waals surface area contributed by atoms with Gasteiger partial charge < -0.3 is 4.79 Å². The van der Waals surface area contributed by atoms with Gasteiger partial charge in [0.05, 0.1) is 5.69 Å². The molecule has 0 amide bonds. The van der Waals surface area contributed by atoms with Crippen molar-refractivity contribution in [3.05, 3.63) is 24.3 Å². The molecule has 0 saturated heterocycles. The van der Waals surface area contributed by atoms with Crippen LogP contribution in [0.1, 0.15) is 0 Å². The van der Waals surface area contributed by atoms with Crippen LogP contribution in [0.25, 0.3) is 0 Å². The smallest absolute Gasteiger partial charge is 0.138 e. The number of carbonyl (C=O) groups is 1. The molecular formula is C9H7NOS. The predicted octanol–water partition coefficient (Wildman–Crippen LogP) is 2.06. The number of aliphatic imine (C=N–C) groups is 1. The summed E-state index contributed by atoms with van der Waals surface area (Å²) in [5, 5.41) is -0.111. The van der Waals surface area contributed by atoms with E-state index in [0.29, 0.717) is 0 Å². The van der Waals surface area contributed by atoms with E-state index in [1.807, 2.05) is 24.3 Å². The molecule has 0 aliphatic carbocycles. The van der Waals surface area contributed by atoms with Gasteiger partial charge in [-0.15, -0.1) is 11.8 Å². The third-order valence-corrected chi connectivity index (χ3v) is 2.73. The number of carbonyl (C=O) groups excluding carboxylic acids is 1. The summed E-state index contributed by atoms with van der Waals surface area (Å²) in [6.07, 6.45) is 2.59. The second-order valence-electron chi connectivity index (χ2n) is 2.46. The molecule has 0 radical (unpaired) electrons. The number of nitrogens with zero attached hydrogens (tertiary/aromatic N) is 1. The maximum Gasteiger partial charge on any atom is 0.138 e. The number of thioether (sulfide) groups is 1. The first-order valence-corrected chi connectivity index (χ1v) is 4.53. The molecule has 1 aromatic carbocycles. The van der Waals surface area contributed by atoms with Crippen LogP contribution in [0.2, 0.25) is 0 Å². The summed E-state index contributed by atoms with van der Waals surface area (Å²) < 4.78 is 0. The molecule has 1 unspecified atom stereocenters. The van der Waals surface area contributed by atoms with Crippen LogP contribution >= 0.6 is 11.8 Å². The Kier molecular flexibility index (Phi) is 1.96. The largest absolute Gasteiger partial charge is 0.302 e. The van der Waals surface area contributed by atoms with E-state index in [1.54, 1.807) is 6.21 Å². The Hall–Kier alpha value is -1.09. The quantitative estimate of drug-likeness (QED) is 0.614. The molecule has 0 fully saturated rings. The molecule has 0 bridgehead atoms. The van der Waals surface area contributed by atoms with Crippen LogP contribution in [-0.2, 0) is 4.79 Å². The summed E-state index contributed by atoms with van der Waals surface area (Å²) in [6.45, 7) is 0. The standard InChI is InChI=1S/C9H7NOS/c11-6-7-5-10-8-3-1-2-4-9(8)12-7/h1-7H. The van der Waals surface area contributed by atoms with Crippen molar-refractivity contribution >= 4 is 30.0 Å². The van der Waals surface area contributed by atoms with Gasteiger partial charge in [-0.05, 0) is 12.1 Å². The van der Waals surface area contributed by atoms with Gasteiger partial charge in [0, 0.05) is 11.1 Å². The zero-order valence-corrected chi connectivity index (χ0v) is 7.12. The molecule has 3 heteroatoms. The summed E-state index contributed by atoms with van der Waals surface area (Å²) in [7, 11) is 0. The maximum atomic E-state index is 10.5. The minimum Gasteiger partial charge on any atom is -0.302 e. The molecule has 1 atom stereocenters. The molecule has 1 aromatic rings. The first kappa shape index (κ1) is 7.55. The highest BCUT2D eigenvalue weighted by molar-refractivity contribution is 8.01. The first-order valence-electron chi connectivity index (χ1n) is 3.65. The zero-order chi connectivity index (χ0) is 8.39. The topological polar surface area (TPSA) is 29.4 Å². The summed E-state index contributed by atoms with van der Waals surface area (Å²) in [5.74, 6) is 0. The third kappa shape index (κ3) is 1.28. The van der Waals surface area contributed by atoms with Gasteiger partial charge in [-0.2, -0.15) is 0 Å². The van der Waals surface area contributed by atoms with Gasteiger partial charge in [0.25, 0.3) is 0 Å². The van der Waals surface area contributed by atoms with Gasteiger partial charge in [0.15, 0.2) is 0 Å². The lowest BCUT2D eigenvalue weighted by Crippen LogP contribution is -2.07. The zero-order valence-electron chi connectivity index (χ0n) is 6.31. The maximum absolute atomic E-state index is 10.5. The van der Waals surface area contributed by atoms with E-state index in [0.717, 1.165) is 16.9 Å². The van der Waals surface area contributed by atoms with Crippen LogP contribution in [0.15, 0.2) is 34.2 Å². The highest BCUT2D eigenvalue weighted by Gasteiger charge is 2.13. The Morgan fingerprint density at radius 1 is 1.42 bits per heavy atom. The van der Waals surface area contributed by atoms with Crippen molar-refractivity contribution in [1.82, 2.24) is 0 Å². The fourth-order valence-electron chi connectivity index (χ4n) is 1.06. The lowest BCUT2D eigenvalue weighted by Gasteiger charge is -2.12. The van der Waals surface area contributed by atoms with Gasteiger partial charge in [-0.25, -0.2) is 0 Å². The minimum absolute atomic E-state index is 0.111. The van der Waals surface area contributed by atoms with E-state index >= 15 is 0 Å². The summed E-state index contributed by atoms with van der Waals surface area (Å²) >= 11 is 1.54. The molecule has 2 rings (SSSR count). The van der Waals surface area contributed by atoms with Crippen molar-refractivity contribution in [2.24, 2.45) is 4.99 Å². The molecule has 12 heavy (non-hydrogen) atoms.